The molecule has 0 fully saturated rings. The summed E-state index contributed by atoms with van der Waals surface area (Å²) in [5.41, 5.74) is 2.65. The van der Waals surface area contributed by atoms with Gasteiger partial charge in [-0.2, -0.15) is 0 Å². The normalized spacial score (nSPS) is 10.2. The number of hydrogen-bond acceptors (Lipinski definition) is 3. The van der Waals surface area contributed by atoms with Gasteiger partial charge in [0.2, 0.25) is 0 Å². The lowest BCUT2D eigenvalue weighted by molar-refractivity contribution is 0.0950. The van der Waals surface area contributed by atoms with Crippen LogP contribution in [0.1, 0.15) is 21.5 Å². The molecule has 1 N–H and O–H groups in total. The van der Waals surface area contributed by atoms with Gasteiger partial charge in [-0.25, -0.2) is 0 Å². The van der Waals surface area contributed by atoms with Crippen molar-refractivity contribution in [3.63, 3.8) is 0 Å². The molecular formula is C15H16N2O2. The number of carbonyl (C=O) groups excluding carboxylic acids is 1. The number of ether oxygens (including phenoxy) is 1. The van der Waals surface area contributed by atoms with Crippen molar-refractivity contribution in [1.29, 1.82) is 0 Å². The van der Waals surface area contributed by atoms with Crippen molar-refractivity contribution in [2.24, 2.45) is 0 Å². The third-order valence-electron chi connectivity index (χ3n) is 2.70. The van der Waals surface area contributed by atoms with Crippen molar-refractivity contribution in [3.8, 4) is 0 Å². The second kappa shape index (κ2) is 6.66. The Kier molecular flexibility index (Phi) is 4.64. The lowest BCUT2D eigenvalue weighted by Gasteiger charge is -2.06. The van der Waals surface area contributed by atoms with E-state index in [2.05, 4.69) is 10.3 Å². The highest BCUT2D eigenvalue weighted by atomic mass is 16.5. The third-order valence-corrected chi connectivity index (χ3v) is 2.70. The molecule has 2 aromatic rings. The van der Waals surface area contributed by atoms with Crippen LogP contribution in [0, 0.1) is 0 Å². The van der Waals surface area contributed by atoms with Gasteiger partial charge in [0.1, 0.15) is 0 Å². The Labute approximate surface area is 112 Å². The van der Waals surface area contributed by atoms with E-state index in [1.165, 1.54) is 0 Å². The van der Waals surface area contributed by atoms with Crippen LogP contribution in [-0.2, 0) is 17.9 Å². The van der Waals surface area contributed by atoms with Crippen LogP contribution in [0.25, 0.3) is 0 Å². The molecule has 2 rings (SSSR count). The maximum Gasteiger partial charge on any atom is 0.251 e. The summed E-state index contributed by atoms with van der Waals surface area (Å²) in [6.45, 7) is 1.00. The highest BCUT2D eigenvalue weighted by Gasteiger charge is 2.05. The number of nitrogens with one attached hydrogen (secondary N) is 1. The number of rotatable bonds is 5. The van der Waals surface area contributed by atoms with Gasteiger partial charge < -0.3 is 10.1 Å². The predicted octanol–water partition coefficient (Wildman–Crippen LogP) is 2.16. The first-order chi connectivity index (χ1) is 9.29. The van der Waals surface area contributed by atoms with Crippen LogP contribution in [0.2, 0.25) is 0 Å². The number of hydrogen-bond donors (Lipinski definition) is 1. The van der Waals surface area contributed by atoms with Crippen LogP contribution in [-0.4, -0.2) is 18.0 Å². The monoisotopic (exact) mass is 256 g/mol. The van der Waals surface area contributed by atoms with Gasteiger partial charge >= 0.3 is 0 Å². The Morgan fingerprint density at radius 3 is 2.74 bits per heavy atom. The molecule has 98 valence electrons. The molecule has 1 aromatic carbocycles. The highest BCUT2D eigenvalue weighted by Crippen LogP contribution is 2.07. The minimum Gasteiger partial charge on any atom is -0.380 e. The van der Waals surface area contributed by atoms with Crippen molar-refractivity contribution in [3.05, 3.63) is 65.5 Å². The van der Waals surface area contributed by atoms with Gasteiger partial charge in [-0.3, -0.25) is 9.78 Å². The number of carbonyl (C=O) groups is 1. The van der Waals surface area contributed by atoms with Gasteiger partial charge in [-0.05, 0) is 35.4 Å². The summed E-state index contributed by atoms with van der Waals surface area (Å²) < 4.78 is 5.05. The summed E-state index contributed by atoms with van der Waals surface area (Å²) in [6, 6.07) is 11.2. The first-order valence-electron chi connectivity index (χ1n) is 6.04. The van der Waals surface area contributed by atoms with Crippen molar-refractivity contribution in [1.82, 2.24) is 10.3 Å². The molecule has 0 atom stereocenters. The first-order valence-corrected chi connectivity index (χ1v) is 6.04. The second-order valence-corrected chi connectivity index (χ2v) is 4.17. The van der Waals surface area contributed by atoms with E-state index in [0.29, 0.717) is 18.7 Å². The van der Waals surface area contributed by atoms with Crippen molar-refractivity contribution >= 4 is 5.91 Å². The maximum atomic E-state index is 12.0. The summed E-state index contributed by atoms with van der Waals surface area (Å²) in [5, 5.41) is 2.88. The van der Waals surface area contributed by atoms with Crippen molar-refractivity contribution < 1.29 is 9.53 Å². The van der Waals surface area contributed by atoms with E-state index >= 15 is 0 Å². The van der Waals surface area contributed by atoms with Crippen LogP contribution in [0.4, 0.5) is 0 Å². The molecule has 0 spiro atoms. The number of aromatic nitrogens is 1. The maximum absolute atomic E-state index is 12.0. The van der Waals surface area contributed by atoms with Gasteiger partial charge in [0, 0.05) is 31.6 Å². The molecule has 0 saturated carbocycles. The third kappa shape index (κ3) is 3.89. The number of amides is 1. The molecule has 0 aliphatic rings. The molecule has 4 nitrogen and oxygen atoms in total. The van der Waals surface area contributed by atoms with Gasteiger partial charge in [-0.1, -0.05) is 12.1 Å². The van der Waals surface area contributed by atoms with Gasteiger partial charge in [0.15, 0.2) is 0 Å². The fourth-order valence-corrected chi connectivity index (χ4v) is 1.75. The largest absolute Gasteiger partial charge is 0.380 e. The van der Waals surface area contributed by atoms with Crippen LogP contribution < -0.4 is 5.32 Å². The Hall–Kier alpha value is -2.20. The Morgan fingerprint density at radius 1 is 1.21 bits per heavy atom. The van der Waals surface area contributed by atoms with Crippen molar-refractivity contribution in [2.75, 3.05) is 7.11 Å². The molecule has 19 heavy (non-hydrogen) atoms. The second-order valence-electron chi connectivity index (χ2n) is 4.17. The number of nitrogens with zero attached hydrogens (tertiary/aromatic N) is 1. The highest BCUT2D eigenvalue weighted by molar-refractivity contribution is 5.94. The zero-order valence-corrected chi connectivity index (χ0v) is 10.8. The number of benzene rings is 1. The molecule has 0 aliphatic carbocycles. The van der Waals surface area contributed by atoms with Crippen LogP contribution in [0.3, 0.4) is 0 Å². The van der Waals surface area contributed by atoms with Crippen LogP contribution in [0.5, 0.6) is 0 Å². The van der Waals surface area contributed by atoms with E-state index in [1.54, 1.807) is 25.6 Å². The molecular weight excluding hydrogens is 240 g/mol. The summed E-state index contributed by atoms with van der Waals surface area (Å²) in [4.78, 5) is 15.9. The molecule has 1 amide bonds. The molecule has 0 saturated heterocycles. The summed E-state index contributed by atoms with van der Waals surface area (Å²) in [6.07, 6.45) is 3.42. The molecule has 0 aliphatic heterocycles. The number of methoxy groups -OCH3 is 1. The van der Waals surface area contributed by atoms with E-state index in [9.17, 15) is 4.79 Å². The quantitative estimate of drug-likeness (QED) is 0.891. The smallest absolute Gasteiger partial charge is 0.251 e. The molecule has 1 heterocycles. The fourth-order valence-electron chi connectivity index (χ4n) is 1.75. The summed E-state index contributed by atoms with van der Waals surface area (Å²) >= 11 is 0. The average Bonchev–Trinajstić information content (AvgIpc) is 2.46. The minimum absolute atomic E-state index is 0.0882. The minimum atomic E-state index is -0.0882. The summed E-state index contributed by atoms with van der Waals surface area (Å²) in [7, 11) is 1.64. The Bertz CT molecular complexity index is 541. The van der Waals surface area contributed by atoms with E-state index in [0.717, 1.165) is 11.1 Å². The molecule has 0 radical (unpaired) electrons. The molecule has 0 bridgehead atoms. The van der Waals surface area contributed by atoms with E-state index in [-0.39, 0.29) is 5.91 Å². The standard InChI is InChI=1S/C15H16N2O2/c1-19-11-13-3-2-4-14(9-13)15(18)17-10-12-5-7-16-8-6-12/h2-9H,10-11H2,1H3,(H,17,18). The zero-order valence-electron chi connectivity index (χ0n) is 10.8. The number of pyridine rings is 1. The SMILES string of the molecule is COCc1cccc(C(=O)NCc2ccncc2)c1. The van der Waals surface area contributed by atoms with Gasteiger partial charge in [-0.15, -0.1) is 0 Å². The predicted molar refractivity (Wildman–Crippen MR) is 72.6 cm³/mol. The average molecular weight is 256 g/mol. The Balaban J connectivity index is 1.98. The van der Waals surface area contributed by atoms with Crippen molar-refractivity contribution in [2.45, 2.75) is 13.2 Å². The van der Waals surface area contributed by atoms with E-state index in [4.69, 9.17) is 4.74 Å². The first kappa shape index (κ1) is 13.2. The summed E-state index contributed by atoms with van der Waals surface area (Å²) in [5.74, 6) is -0.0882. The topological polar surface area (TPSA) is 51.2 Å². The fraction of sp³-hybridized carbons (Fsp3) is 0.200. The molecule has 4 heteroatoms. The lowest BCUT2D eigenvalue weighted by atomic mass is 10.1. The lowest BCUT2D eigenvalue weighted by Crippen LogP contribution is -2.22. The van der Waals surface area contributed by atoms with Gasteiger partial charge in [0.05, 0.1) is 6.61 Å². The van der Waals surface area contributed by atoms with Crippen LogP contribution >= 0.6 is 0 Å². The molecule has 0 unspecified atom stereocenters. The van der Waals surface area contributed by atoms with E-state index in [1.807, 2.05) is 30.3 Å². The Morgan fingerprint density at radius 2 is 2.00 bits per heavy atom. The zero-order chi connectivity index (χ0) is 13.5. The van der Waals surface area contributed by atoms with Gasteiger partial charge in [0.25, 0.3) is 5.91 Å². The van der Waals surface area contributed by atoms with E-state index < -0.39 is 0 Å². The van der Waals surface area contributed by atoms with Crippen LogP contribution in [0.15, 0.2) is 48.8 Å². The molecule has 1 aromatic heterocycles.